The normalized spacial score (nSPS) is 13.7. The van der Waals surface area contributed by atoms with Gasteiger partial charge in [-0.1, -0.05) is 60.7 Å². The van der Waals surface area contributed by atoms with E-state index in [0.717, 1.165) is 28.3 Å². The minimum Gasteiger partial charge on any atom is -0.479 e. The summed E-state index contributed by atoms with van der Waals surface area (Å²) in [5.41, 5.74) is 2.82. The zero-order chi connectivity index (χ0) is 23.8. The molecule has 1 aliphatic carbocycles. The molecule has 2 N–H and O–H groups in total. The summed E-state index contributed by atoms with van der Waals surface area (Å²) in [5.74, 6) is -1.73. The number of amides is 1. The highest BCUT2D eigenvalue weighted by atomic mass is 19.4. The highest BCUT2D eigenvalue weighted by molar-refractivity contribution is 5.82. The van der Waals surface area contributed by atoms with Crippen LogP contribution < -0.4 is 5.32 Å². The fourth-order valence-electron chi connectivity index (χ4n) is 4.17. The first-order chi connectivity index (χ1) is 15.7. The van der Waals surface area contributed by atoms with Gasteiger partial charge in [-0.2, -0.15) is 13.2 Å². The summed E-state index contributed by atoms with van der Waals surface area (Å²) in [7, 11) is 0. The largest absolute Gasteiger partial charge is 0.479 e. The molecule has 4 rings (SSSR count). The zero-order valence-corrected chi connectivity index (χ0v) is 17.5. The Hall–Kier alpha value is -3.81. The van der Waals surface area contributed by atoms with Crippen LogP contribution >= 0.6 is 0 Å². The third-order valence-corrected chi connectivity index (χ3v) is 5.75. The minimum atomic E-state index is -4.65. The van der Waals surface area contributed by atoms with Gasteiger partial charge in [0.05, 0.1) is 5.56 Å². The fraction of sp³-hybridized carbons (Fsp3) is 0.200. The second kappa shape index (κ2) is 8.61. The van der Waals surface area contributed by atoms with E-state index in [-0.39, 0.29) is 23.7 Å². The number of nitrogens with one attached hydrogen (secondary N) is 1. The van der Waals surface area contributed by atoms with E-state index < -0.39 is 29.8 Å². The Morgan fingerprint density at radius 2 is 1.58 bits per heavy atom. The summed E-state index contributed by atoms with van der Waals surface area (Å²) < 4.78 is 45.0. The molecule has 33 heavy (non-hydrogen) atoms. The number of carbonyl (C=O) groups is 2. The maximum atomic E-state index is 13.2. The topological polar surface area (TPSA) is 75.6 Å². The van der Waals surface area contributed by atoms with Gasteiger partial charge in [-0.05, 0) is 46.4 Å². The number of ether oxygens (including phenoxy) is 1. The molecule has 0 heterocycles. The van der Waals surface area contributed by atoms with E-state index in [1.165, 1.54) is 19.1 Å². The van der Waals surface area contributed by atoms with Crippen LogP contribution in [0.25, 0.3) is 11.1 Å². The van der Waals surface area contributed by atoms with E-state index in [4.69, 9.17) is 4.74 Å². The van der Waals surface area contributed by atoms with E-state index in [1.54, 1.807) is 0 Å². The van der Waals surface area contributed by atoms with Gasteiger partial charge in [-0.15, -0.1) is 0 Å². The molecule has 0 aliphatic heterocycles. The number of hydrogen-bond acceptors (Lipinski definition) is 3. The summed E-state index contributed by atoms with van der Waals surface area (Å²) in [6.45, 7) is 1.23. The van der Waals surface area contributed by atoms with Crippen molar-refractivity contribution in [1.29, 1.82) is 0 Å². The van der Waals surface area contributed by atoms with Gasteiger partial charge in [0.2, 0.25) is 0 Å². The lowest BCUT2D eigenvalue weighted by atomic mass is 9.98. The van der Waals surface area contributed by atoms with Crippen LogP contribution in [-0.2, 0) is 15.7 Å². The van der Waals surface area contributed by atoms with Gasteiger partial charge in [0, 0.05) is 5.92 Å². The average Bonchev–Trinajstić information content (AvgIpc) is 3.09. The van der Waals surface area contributed by atoms with E-state index >= 15 is 0 Å². The molecule has 1 aliphatic rings. The number of rotatable bonds is 5. The van der Waals surface area contributed by atoms with Crippen molar-refractivity contribution in [2.24, 2.45) is 0 Å². The maximum absolute atomic E-state index is 13.2. The van der Waals surface area contributed by atoms with Crippen molar-refractivity contribution >= 4 is 12.1 Å². The molecule has 8 heteroatoms. The standard InChI is InChI=1S/C25H20F3NO4/c1-14-10-11-15(12-21(14)25(26,27)28)22(23(30)31)29-24(32)33-13-20-18-8-4-2-6-16(18)17-7-3-5-9-19(17)20/h2-12,20,22H,13H2,1H3,(H,29,32)(H,30,31). The number of carboxylic acids is 1. The van der Waals surface area contributed by atoms with Gasteiger partial charge in [0.1, 0.15) is 6.61 Å². The smallest absolute Gasteiger partial charge is 0.416 e. The Morgan fingerprint density at radius 3 is 2.12 bits per heavy atom. The Labute approximate surface area is 187 Å². The maximum Gasteiger partial charge on any atom is 0.416 e. The Kier molecular flexibility index (Phi) is 5.84. The first kappa shape index (κ1) is 22.4. The number of halogens is 3. The van der Waals surface area contributed by atoms with Crippen molar-refractivity contribution in [3.63, 3.8) is 0 Å². The van der Waals surface area contributed by atoms with Gasteiger partial charge in [-0.3, -0.25) is 0 Å². The summed E-state index contributed by atoms with van der Waals surface area (Å²) >= 11 is 0. The van der Waals surface area contributed by atoms with E-state index in [0.29, 0.717) is 0 Å². The molecule has 0 saturated heterocycles. The van der Waals surface area contributed by atoms with Crippen LogP contribution in [0.5, 0.6) is 0 Å². The van der Waals surface area contributed by atoms with Crippen LogP contribution in [0.2, 0.25) is 0 Å². The molecule has 3 aromatic rings. The van der Waals surface area contributed by atoms with Crippen molar-refractivity contribution < 1.29 is 32.6 Å². The number of carbonyl (C=O) groups excluding carboxylic acids is 1. The van der Waals surface area contributed by atoms with Crippen molar-refractivity contribution in [2.75, 3.05) is 6.61 Å². The van der Waals surface area contributed by atoms with Crippen LogP contribution in [0.15, 0.2) is 66.7 Å². The van der Waals surface area contributed by atoms with Crippen molar-refractivity contribution in [1.82, 2.24) is 5.32 Å². The Bertz CT molecular complexity index is 1180. The average molecular weight is 455 g/mol. The summed E-state index contributed by atoms with van der Waals surface area (Å²) in [4.78, 5) is 24.2. The third-order valence-electron chi connectivity index (χ3n) is 5.75. The Morgan fingerprint density at radius 1 is 1.00 bits per heavy atom. The van der Waals surface area contributed by atoms with Gasteiger partial charge in [0.25, 0.3) is 0 Å². The highest BCUT2D eigenvalue weighted by Gasteiger charge is 2.34. The van der Waals surface area contributed by atoms with Crippen molar-refractivity contribution in [3.8, 4) is 11.1 Å². The molecule has 0 saturated carbocycles. The molecule has 0 radical (unpaired) electrons. The first-order valence-electron chi connectivity index (χ1n) is 10.2. The highest BCUT2D eigenvalue weighted by Crippen LogP contribution is 2.44. The number of aliphatic carboxylic acids is 1. The van der Waals surface area contributed by atoms with Crippen LogP contribution in [0.4, 0.5) is 18.0 Å². The van der Waals surface area contributed by atoms with Crippen molar-refractivity contribution in [3.05, 3.63) is 94.5 Å². The summed E-state index contributed by atoms with van der Waals surface area (Å²) in [5, 5.41) is 11.7. The molecule has 0 fully saturated rings. The van der Waals surface area contributed by atoms with E-state index in [9.17, 15) is 27.9 Å². The van der Waals surface area contributed by atoms with Gasteiger partial charge in [0.15, 0.2) is 6.04 Å². The van der Waals surface area contributed by atoms with Crippen molar-refractivity contribution in [2.45, 2.75) is 25.1 Å². The SMILES string of the molecule is Cc1ccc(C(NC(=O)OCC2c3ccccc3-c3ccccc32)C(=O)O)cc1C(F)(F)F. The predicted octanol–water partition coefficient (Wildman–Crippen LogP) is 5.68. The monoisotopic (exact) mass is 455 g/mol. The van der Waals surface area contributed by atoms with Gasteiger partial charge >= 0.3 is 18.2 Å². The quantitative estimate of drug-likeness (QED) is 0.519. The molecule has 0 spiro atoms. The molecular formula is C25H20F3NO4. The molecule has 3 aromatic carbocycles. The fourth-order valence-corrected chi connectivity index (χ4v) is 4.17. The van der Waals surface area contributed by atoms with Crippen LogP contribution in [0.3, 0.4) is 0 Å². The molecule has 1 amide bonds. The lowest BCUT2D eigenvalue weighted by Crippen LogP contribution is -2.35. The van der Waals surface area contributed by atoms with Crippen LogP contribution in [0.1, 0.15) is 39.8 Å². The lowest BCUT2D eigenvalue weighted by molar-refractivity contribution is -0.140. The van der Waals surface area contributed by atoms with E-state index in [1.807, 2.05) is 48.5 Å². The third kappa shape index (κ3) is 4.41. The number of aryl methyl sites for hydroxylation is 1. The molecule has 1 atom stereocenters. The van der Waals surface area contributed by atoms with Gasteiger partial charge < -0.3 is 15.2 Å². The molecule has 170 valence electrons. The summed E-state index contributed by atoms with van der Waals surface area (Å²) in [6.07, 6.45) is -5.68. The van der Waals surface area contributed by atoms with E-state index in [2.05, 4.69) is 5.32 Å². The zero-order valence-electron chi connectivity index (χ0n) is 17.5. The molecule has 1 unspecified atom stereocenters. The van der Waals surface area contributed by atoms with Crippen LogP contribution in [0, 0.1) is 6.92 Å². The number of alkyl carbamates (subject to hydrolysis) is 1. The summed E-state index contributed by atoms with van der Waals surface area (Å²) in [6, 6.07) is 16.9. The molecule has 5 nitrogen and oxygen atoms in total. The first-order valence-corrected chi connectivity index (χ1v) is 10.2. The number of carboxylic acid groups (broad SMARTS) is 1. The second-order valence-electron chi connectivity index (χ2n) is 7.81. The number of benzene rings is 3. The molecular weight excluding hydrogens is 435 g/mol. The predicted molar refractivity (Wildman–Crippen MR) is 115 cm³/mol. The lowest BCUT2D eigenvalue weighted by Gasteiger charge is -2.19. The van der Waals surface area contributed by atoms with Crippen LogP contribution in [-0.4, -0.2) is 23.8 Å². The molecule has 0 aromatic heterocycles. The number of fused-ring (bicyclic) bond motifs is 3. The number of hydrogen-bond donors (Lipinski definition) is 2. The molecule has 0 bridgehead atoms. The van der Waals surface area contributed by atoms with Gasteiger partial charge in [-0.25, -0.2) is 9.59 Å². The minimum absolute atomic E-state index is 0.0449. The Balaban J connectivity index is 1.51. The second-order valence-corrected chi connectivity index (χ2v) is 7.81. The number of alkyl halides is 3.